The molecule has 1 amide bonds. The zero-order valence-electron chi connectivity index (χ0n) is 25.7. The Hall–Kier alpha value is -4.06. The van der Waals surface area contributed by atoms with Crippen LogP contribution in [0.25, 0.3) is 22.3 Å². The molecule has 0 radical (unpaired) electrons. The molecule has 2 N–H and O–H groups in total. The number of hydrogen-bond donors (Lipinski definition) is 2. The standard InChI is InChI=1S/C22H25N5O3.C8H15N.C2H6/c1-4-5-20(29-3)25-22-24-18-11-16(12-23-21(18)26-22)15-6-7-19-17(10-15)13-27(14(2)28)8-9-30-19;1-3-5-8(7-9)6-4-2;1-2/h5-7,10-12H,4,8-9,13H2,1-3H3,(H2,23,24,25,26);8H,3-6H2,1-2H3;1-2H3/b20-5-;;. The van der Waals surface area contributed by atoms with Crippen LogP contribution in [0.4, 0.5) is 5.95 Å². The van der Waals surface area contributed by atoms with Gasteiger partial charge < -0.3 is 19.4 Å². The van der Waals surface area contributed by atoms with Crippen molar-refractivity contribution >= 4 is 23.0 Å². The fraction of sp³-hybridized carbons (Fsp3) is 0.500. The van der Waals surface area contributed by atoms with Crippen LogP contribution >= 0.6 is 0 Å². The SMILES string of the molecule is CC.CC/C=C(/Nc1nc2ncc(-c3ccc4c(c3)CN(C(C)=O)CCO4)cc2[nH]1)OC.CCCC(C#N)CCC. The number of allylic oxidation sites excluding steroid dienone is 1. The van der Waals surface area contributed by atoms with Crippen LogP contribution in [0.1, 0.15) is 79.2 Å². The van der Waals surface area contributed by atoms with Crippen LogP contribution < -0.4 is 10.1 Å². The van der Waals surface area contributed by atoms with E-state index < -0.39 is 0 Å². The molecule has 0 saturated carbocycles. The molecule has 0 aliphatic carbocycles. The quantitative estimate of drug-likeness (QED) is 0.261. The number of methoxy groups -OCH3 is 1. The number of H-pyrrole nitrogens is 1. The van der Waals surface area contributed by atoms with E-state index in [-0.39, 0.29) is 5.91 Å². The lowest BCUT2D eigenvalue weighted by atomic mass is 10.0. The monoisotopic (exact) mass is 562 g/mol. The van der Waals surface area contributed by atoms with Crippen molar-refractivity contribution in [3.63, 3.8) is 0 Å². The summed E-state index contributed by atoms with van der Waals surface area (Å²) in [5.41, 5.74) is 4.38. The summed E-state index contributed by atoms with van der Waals surface area (Å²) in [4.78, 5) is 25.8. The molecule has 2 aromatic heterocycles. The number of fused-ring (bicyclic) bond motifs is 2. The minimum atomic E-state index is 0.0463. The van der Waals surface area contributed by atoms with E-state index in [1.54, 1.807) is 25.1 Å². The van der Waals surface area contributed by atoms with Crippen molar-refractivity contribution in [2.24, 2.45) is 5.92 Å². The molecule has 0 unspecified atom stereocenters. The highest BCUT2D eigenvalue weighted by atomic mass is 16.5. The summed E-state index contributed by atoms with van der Waals surface area (Å²) in [5, 5.41) is 11.7. The smallest absolute Gasteiger partial charge is 0.219 e. The number of aromatic amines is 1. The summed E-state index contributed by atoms with van der Waals surface area (Å²) in [5.74, 6) is 2.39. The number of carbonyl (C=O) groups is 1. The summed E-state index contributed by atoms with van der Waals surface area (Å²) < 4.78 is 11.1. The predicted molar refractivity (Wildman–Crippen MR) is 165 cm³/mol. The minimum Gasteiger partial charge on any atom is -0.491 e. The molecule has 1 aliphatic rings. The average Bonchev–Trinajstić information content (AvgIpc) is 3.26. The second-order valence-corrected chi connectivity index (χ2v) is 9.50. The first-order valence-corrected chi connectivity index (χ1v) is 14.7. The molecule has 41 heavy (non-hydrogen) atoms. The van der Waals surface area contributed by atoms with Crippen LogP contribution in [-0.2, 0) is 16.1 Å². The van der Waals surface area contributed by atoms with E-state index in [1.165, 1.54) is 0 Å². The fourth-order valence-electron chi connectivity index (χ4n) is 4.42. The number of anilines is 1. The number of nitrogens with zero attached hydrogens (tertiary/aromatic N) is 4. The number of carbonyl (C=O) groups excluding carboxylic acids is 1. The van der Waals surface area contributed by atoms with Gasteiger partial charge in [-0.1, -0.05) is 53.5 Å². The third-order valence-corrected chi connectivity index (χ3v) is 6.46. The van der Waals surface area contributed by atoms with Crippen molar-refractivity contribution < 1.29 is 14.3 Å². The molecule has 0 atom stereocenters. The van der Waals surface area contributed by atoms with E-state index >= 15 is 0 Å². The summed E-state index contributed by atoms with van der Waals surface area (Å²) in [7, 11) is 1.61. The van der Waals surface area contributed by atoms with Crippen molar-refractivity contribution in [3.05, 3.63) is 48.0 Å². The van der Waals surface area contributed by atoms with E-state index in [1.807, 2.05) is 45.0 Å². The summed E-state index contributed by atoms with van der Waals surface area (Å²) >= 11 is 0. The molecule has 222 valence electrons. The van der Waals surface area contributed by atoms with Crippen LogP contribution in [0.5, 0.6) is 5.75 Å². The molecule has 9 heteroatoms. The maximum Gasteiger partial charge on any atom is 0.219 e. The molecular formula is C32H46N6O3. The first-order valence-electron chi connectivity index (χ1n) is 14.7. The van der Waals surface area contributed by atoms with Gasteiger partial charge in [-0.15, -0.1) is 0 Å². The van der Waals surface area contributed by atoms with Gasteiger partial charge in [0.1, 0.15) is 12.4 Å². The molecule has 1 aromatic carbocycles. The highest BCUT2D eigenvalue weighted by molar-refractivity contribution is 5.80. The molecule has 0 spiro atoms. The van der Waals surface area contributed by atoms with Gasteiger partial charge in [0.05, 0.1) is 25.2 Å². The third kappa shape index (κ3) is 9.82. The highest BCUT2D eigenvalue weighted by Crippen LogP contribution is 2.30. The van der Waals surface area contributed by atoms with Crippen LogP contribution in [0.2, 0.25) is 0 Å². The van der Waals surface area contributed by atoms with E-state index in [9.17, 15) is 4.79 Å². The number of rotatable bonds is 9. The van der Waals surface area contributed by atoms with E-state index in [4.69, 9.17) is 14.7 Å². The molecule has 0 saturated heterocycles. The Bertz CT molecular complexity index is 1300. The molecule has 0 fully saturated rings. The highest BCUT2D eigenvalue weighted by Gasteiger charge is 2.18. The second-order valence-electron chi connectivity index (χ2n) is 9.50. The Morgan fingerprint density at radius 1 is 1.22 bits per heavy atom. The molecule has 1 aliphatic heterocycles. The number of nitrogens with one attached hydrogen (secondary N) is 2. The van der Waals surface area contributed by atoms with Gasteiger partial charge in [0.15, 0.2) is 11.5 Å². The van der Waals surface area contributed by atoms with Crippen LogP contribution in [0.3, 0.4) is 0 Å². The second kappa shape index (κ2) is 17.6. The van der Waals surface area contributed by atoms with Crippen molar-refractivity contribution in [2.45, 2.75) is 80.2 Å². The Morgan fingerprint density at radius 3 is 2.56 bits per heavy atom. The van der Waals surface area contributed by atoms with Crippen LogP contribution in [0.15, 0.2) is 42.4 Å². The molecule has 3 aromatic rings. The number of imidazole rings is 1. The Kier molecular flexibility index (Phi) is 14.2. The van der Waals surface area contributed by atoms with Crippen molar-refractivity contribution in [1.29, 1.82) is 5.26 Å². The lowest BCUT2D eigenvalue weighted by molar-refractivity contribution is -0.129. The zero-order valence-corrected chi connectivity index (χ0v) is 25.7. The molecule has 9 nitrogen and oxygen atoms in total. The Labute approximate surface area is 245 Å². The van der Waals surface area contributed by atoms with Crippen LogP contribution in [0, 0.1) is 17.2 Å². The third-order valence-electron chi connectivity index (χ3n) is 6.46. The number of hydrogen-bond acceptors (Lipinski definition) is 7. The largest absolute Gasteiger partial charge is 0.491 e. The average molecular weight is 563 g/mol. The number of nitriles is 1. The summed E-state index contributed by atoms with van der Waals surface area (Å²) in [6, 6.07) is 10.3. The van der Waals surface area contributed by atoms with E-state index in [2.05, 4.69) is 46.3 Å². The maximum absolute atomic E-state index is 11.8. The van der Waals surface area contributed by atoms with Crippen molar-refractivity contribution in [2.75, 3.05) is 25.6 Å². The van der Waals surface area contributed by atoms with Gasteiger partial charge in [-0.25, -0.2) is 4.98 Å². The number of benzene rings is 1. The molecule has 0 bridgehead atoms. The first kappa shape index (κ1) is 33.1. The number of aromatic nitrogens is 3. The van der Waals surface area contributed by atoms with Crippen molar-refractivity contribution in [1.82, 2.24) is 19.9 Å². The van der Waals surface area contributed by atoms with Gasteiger partial charge >= 0.3 is 0 Å². The predicted octanol–water partition coefficient (Wildman–Crippen LogP) is 7.43. The number of amides is 1. The van der Waals surface area contributed by atoms with Gasteiger partial charge in [0, 0.05) is 36.7 Å². The van der Waals surface area contributed by atoms with E-state index in [0.29, 0.717) is 43.1 Å². The zero-order chi connectivity index (χ0) is 30.2. The minimum absolute atomic E-state index is 0.0463. The molecule has 3 heterocycles. The lowest BCUT2D eigenvalue weighted by Gasteiger charge is -2.17. The van der Waals surface area contributed by atoms with Gasteiger partial charge in [-0.2, -0.15) is 10.2 Å². The summed E-state index contributed by atoms with van der Waals surface area (Å²) in [6.45, 7) is 13.5. The molecule has 4 rings (SSSR count). The Balaban J connectivity index is 0.000000459. The first-order chi connectivity index (χ1) is 19.9. The van der Waals surface area contributed by atoms with Gasteiger partial charge in [0.25, 0.3) is 0 Å². The Morgan fingerprint density at radius 2 is 1.95 bits per heavy atom. The fourth-order valence-corrected chi connectivity index (χ4v) is 4.42. The molecular weight excluding hydrogens is 516 g/mol. The topological polar surface area (TPSA) is 116 Å². The normalized spacial score (nSPS) is 12.6. The van der Waals surface area contributed by atoms with Crippen molar-refractivity contribution in [3.8, 4) is 22.9 Å². The maximum atomic E-state index is 11.8. The van der Waals surface area contributed by atoms with Crippen LogP contribution in [-0.4, -0.2) is 46.0 Å². The number of pyridine rings is 1. The lowest BCUT2D eigenvalue weighted by Crippen LogP contribution is -2.30. The number of ether oxygens (including phenoxy) is 2. The van der Waals surface area contributed by atoms with Gasteiger partial charge in [0.2, 0.25) is 11.9 Å². The van der Waals surface area contributed by atoms with E-state index in [0.717, 1.165) is 60.1 Å². The van der Waals surface area contributed by atoms with Gasteiger partial charge in [-0.3, -0.25) is 10.1 Å². The summed E-state index contributed by atoms with van der Waals surface area (Å²) in [6.07, 6.45) is 9.01. The van der Waals surface area contributed by atoms with Gasteiger partial charge in [-0.05, 0) is 49.1 Å².